The molecule has 2 aromatic rings. The lowest BCUT2D eigenvalue weighted by atomic mass is 9.98. The van der Waals surface area contributed by atoms with Gasteiger partial charge in [-0.05, 0) is 59.5 Å². The van der Waals surface area contributed by atoms with Gasteiger partial charge in [0.25, 0.3) is 5.91 Å². The molecule has 0 aromatic heterocycles. The molecule has 2 aromatic carbocycles. The molecular weight excluding hydrogens is 448 g/mol. The molecule has 2 heterocycles. The molecule has 4 rings (SSSR count). The molecule has 6 nitrogen and oxygen atoms in total. The van der Waals surface area contributed by atoms with Crippen LogP contribution in [0.3, 0.4) is 0 Å². The van der Waals surface area contributed by atoms with Crippen LogP contribution in [0.1, 0.15) is 41.8 Å². The number of amides is 2. The van der Waals surface area contributed by atoms with Gasteiger partial charge in [0.05, 0.1) is 17.6 Å². The molecule has 7 heteroatoms. The van der Waals surface area contributed by atoms with E-state index in [4.69, 9.17) is 9.47 Å². The molecule has 0 unspecified atom stereocenters. The van der Waals surface area contributed by atoms with Crippen molar-refractivity contribution in [1.29, 1.82) is 0 Å². The first-order valence-electron chi connectivity index (χ1n) is 10.2. The zero-order chi connectivity index (χ0) is 21.3. The van der Waals surface area contributed by atoms with Crippen LogP contribution in [0.25, 0.3) is 0 Å². The van der Waals surface area contributed by atoms with Crippen molar-refractivity contribution in [2.45, 2.75) is 38.0 Å². The summed E-state index contributed by atoms with van der Waals surface area (Å²) in [4.78, 5) is 29.2. The molecule has 0 spiro atoms. The van der Waals surface area contributed by atoms with Crippen LogP contribution in [0.4, 0.5) is 4.79 Å². The second-order valence-corrected chi connectivity index (χ2v) is 8.59. The summed E-state index contributed by atoms with van der Waals surface area (Å²) in [6.45, 7) is 3.26. The first-order chi connectivity index (χ1) is 14.5. The second-order valence-electron chi connectivity index (χ2n) is 7.74. The number of methoxy groups -OCH3 is 1. The molecular formula is C23H25BrN2O4. The number of benzene rings is 2. The molecule has 2 aliphatic heterocycles. The monoisotopic (exact) mass is 472 g/mol. The van der Waals surface area contributed by atoms with E-state index in [0.717, 1.165) is 22.9 Å². The molecule has 0 aliphatic carbocycles. The van der Waals surface area contributed by atoms with Crippen molar-refractivity contribution in [3.8, 4) is 5.75 Å². The average molecular weight is 473 g/mol. The summed E-state index contributed by atoms with van der Waals surface area (Å²) in [7, 11) is 1.60. The molecule has 2 saturated heterocycles. The highest BCUT2D eigenvalue weighted by Crippen LogP contribution is 2.36. The van der Waals surface area contributed by atoms with Crippen molar-refractivity contribution in [2.75, 3.05) is 20.2 Å². The van der Waals surface area contributed by atoms with Crippen LogP contribution < -0.4 is 4.74 Å². The predicted octanol–water partition coefficient (Wildman–Crippen LogP) is 4.64. The lowest BCUT2D eigenvalue weighted by molar-refractivity contribution is 0.0640. The molecule has 30 heavy (non-hydrogen) atoms. The molecule has 0 bridgehead atoms. The van der Waals surface area contributed by atoms with Crippen molar-refractivity contribution in [3.05, 3.63) is 64.1 Å². The number of nitrogens with zero attached hydrogens (tertiary/aromatic N) is 2. The van der Waals surface area contributed by atoms with Gasteiger partial charge in [0.15, 0.2) is 0 Å². The Morgan fingerprint density at radius 2 is 1.83 bits per heavy atom. The topological polar surface area (TPSA) is 59.1 Å². The molecule has 2 aliphatic rings. The van der Waals surface area contributed by atoms with Crippen molar-refractivity contribution in [1.82, 2.24) is 9.80 Å². The Balaban J connectivity index is 1.40. The molecule has 2 amide bonds. The number of carbonyl (C=O) groups excluding carboxylic acids is 2. The van der Waals surface area contributed by atoms with Gasteiger partial charge in [0.1, 0.15) is 11.9 Å². The number of hydrogen-bond acceptors (Lipinski definition) is 4. The van der Waals surface area contributed by atoms with Crippen molar-refractivity contribution in [3.63, 3.8) is 0 Å². The number of likely N-dealkylation sites (tertiary alicyclic amines) is 1. The van der Waals surface area contributed by atoms with Crippen LogP contribution in [0.2, 0.25) is 0 Å². The minimum Gasteiger partial charge on any atom is -0.496 e. The van der Waals surface area contributed by atoms with Gasteiger partial charge < -0.3 is 14.4 Å². The number of cyclic esters (lactones) is 1. The van der Waals surface area contributed by atoms with E-state index in [-0.39, 0.29) is 30.2 Å². The van der Waals surface area contributed by atoms with Crippen molar-refractivity contribution in [2.24, 2.45) is 0 Å². The highest BCUT2D eigenvalue weighted by atomic mass is 79.9. The average Bonchev–Trinajstić information content (AvgIpc) is 3.08. The summed E-state index contributed by atoms with van der Waals surface area (Å²) < 4.78 is 11.7. The van der Waals surface area contributed by atoms with Crippen LogP contribution in [0.5, 0.6) is 5.75 Å². The molecule has 158 valence electrons. The van der Waals surface area contributed by atoms with Crippen molar-refractivity contribution < 1.29 is 19.1 Å². The Kier molecular flexibility index (Phi) is 5.99. The van der Waals surface area contributed by atoms with Gasteiger partial charge in [-0.1, -0.05) is 30.3 Å². The highest BCUT2D eigenvalue weighted by Gasteiger charge is 2.44. The van der Waals surface area contributed by atoms with Crippen LogP contribution in [-0.4, -0.2) is 54.1 Å². The van der Waals surface area contributed by atoms with E-state index >= 15 is 0 Å². The number of carbonyl (C=O) groups is 2. The maximum atomic E-state index is 12.9. The number of halogens is 1. The minimum absolute atomic E-state index is 0.00369. The van der Waals surface area contributed by atoms with Gasteiger partial charge in [0.2, 0.25) is 0 Å². The van der Waals surface area contributed by atoms with Gasteiger partial charge in [-0.15, -0.1) is 0 Å². The number of ether oxygens (including phenoxy) is 2. The van der Waals surface area contributed by atoms with E-state index in [1.807, 2.05) is 47.1 Å². The van der Waals surface area contributed by atoms with Crippen LogP contribution in [0.15, 0.2) is 53.0 Å². The molecule has 0 saturated carbocycles. The maximum absolute atomic E-state index is 12.9. The molecule has 0 N–H and O–H groups in total. The van der Waals surface area contributed by atoms with Crippen molar-refractivity contribution >= 4 is 27.9 Å². The fourth-order valence-corrected chi connectivity index (χ4v) is 4.92. The first kappa shape index (κ1) is 20.7. The summed E-state index contributed by atoms with van der Waals surface area (Å²) in [5.74, 6) is 0.691. The van der Waals surface area contributed by atoms with E-state index in [1.165, 1.54) is 0 Å². The second kappa shape index (κ2) is 8.68. The van der Waals surface area contributed by atoms with E-state index in [1.54, 1.807) is 25.3 Å². The smallest absolute Gasteiger partial charge is 0.411 e. The Labute approximate surface area is 184 Å². The van der Waals surface area contributed by atoms with Gasteiger partial charge in [-0.2, -0.15) is 0 Å². The van der Waals surface area contributed by atoms with Gasteiger partial charge in [-0.3, -0.25) is 9.69 Å². The number of piperidine rings is 1. The maximum Gasteiger partial charge on any atom is 0.411 e. The summed E-state index contributed by atoms with van der Waals surface area (Å²) in [5, 5.41) is 0. The fraction of sp³-hybridized carbons (Fsp3) is 0.391. The summed E-state index contributed by atoms with van der Waals surface area (Å²) >= 11 is 3.44. The molecule has 2 atom stereocenters. The summed E-state index contributed by atoms with van der Waals surface area (Å²) in [5.41, 5.74) is 1.64. The Morgan fingerprint density at radius 3 is 2.47 bits per heavy atom. The van der Waals surface area contributed by atoms with Gasteiger partial charge in [-0.25, -0.2) is 4.79 Å². The normalized spacial score (nSPS) is 22.2. The van der Waals surface area contributed by atoms with E-state index < -0.39 is 0 Å². The van der Waals surface area contributed by atoms with E-state index in [9.17, 15) is 9.59 Å². The standard InChI is InChI=1S/C23H25BrN2O4/c1-15-21(16-6-4-3-5-7-16)30-23(28)26(15)18-10-12-25(13-11-18)22(27)17-8-9-20(29-2)19(24)14-17/h3-9,14-15,18,21H,10-13H2,1-2H3/t15-,21-/m0/s1. The van der Waals surface area contributed by atoms with Crippen LogP contribution >= 0.6 is 15.9 Å². The minimum atomic E-state index is -0.264. The lowest BCUT2D eigenvalue weighted by Crippen LogP contribution is -2.49. The SMILES string of the molecule is COc1ccc(C(=O)N2CCC(N3C(=O)O[C@H](c4ccccc4)[C@@H]3C)CC2)cc1Br. The first-order valence-corrected chi connectivity index (χ1v) is 11.0. The molecule has 2 fully saturated rings. The third kappa shape index (κ3) is 3.90. The Hall–Kier alpha value is -2.54. The molecule has 0 radical (unpaired) electrons. The largest absolute Gasteiger partial charge is 0.496 e. The highest BCUT2D eigenvalue weighted by molar-refractivity contribution is 9.10. The summed E-state index contributed by atoms with van der Waals surface area (Å²) in [6, 6.07) is 15.3. The van der Waals surface area contributed by atoms with Gasteiger partial charge in [0, 0.05) is 24.7 Å². The number of hydrogen-bond donors (Lipinski definition) is 0. The zero-order valence-corrected chi connectivity index (χ0v) is 18.7. The Bertz CT molecular complexity index is 928. The number of rotatable bonds is 4. The van der Waals surface area contributed by atoms with E-state index in [0.29, 0.717) is 24.4 Å². The third-order valence-electron chi connectivity index (χ3n) is 5.99. The third-order valence-corrected chi connectivity index (χ3v) is 6.61. The predicted molar refractivity (Wildman–Crippen MR) is 117 cm³/mol. The lowest BCUT2D eigenvalue weighted by Gasteiger charge is -2.37. The fourth-order valence-electron chi connectivity index (χ4n) is 4.38. The zero-order valence-electron chi connectivity index (χ0n) is 17.1. The van der Waals surface area contributed by atoms with Gasteiger partial charge >= 0.3 is 6.09 Å². The van der Waals surface area contributed by atoms with Crippen LogP contribution in [-0.2, 0) is 4.74 Å². The summed E-state index contributed by atoms with van der Waals surface area (Å²) in [6.07, 6.45) is 0.962. The Morgan fingerprint density at radius 1 is 1.13 bits per heavy atom. The van der Waals surface area contributed by atoms with Crippen LogP contribution in [0, 0.1) is 0 Å². The quantitative estimate of drug-likeness (QED) is 0.649. The van der Waals surface area contributed by atoms with E-state index in [2.05, 4.69) is 15.9 Å².